The molecule has 0 spiro atoms. The average molecular weight is 262 g/mol. The minimum atomic E-state index is -0.323. The normalized spacial score (nSPS) is 18.4. The fourth-order valence-corrected chi connectivity index (χ4v) is 3.92. The molecule has 0 aliphatic carbocycles. The van der Waals surface area contributed by atoms with E-state index in [0.717, 1.165) is 35.1 Å². The number of benzene rings is 1. The molecule has 1 unspecified atom stereocenters. The Morgan fingerprint density at radius 3 is 3.20 bits per heavy atom. The van der Waals surface area contributed by atoms with E-state index in [2.05, 4.69) is 11.3 Å². The number of rotatable bonds is 4. The fraction of sp³-hybridized carbons (Fsp3) is 0.400. The van der Waals surface area contributed by atoms with E-state index in [9.17, 15) is 0 Å². The Balaban J connectivity index is 2.28. The zero-order valence-corrected chi connectivity index (χ0v) is 10.8. The Morgan fingerprint density at radius 2 is 2.40 bits per heavy atom. The van der Waals surface area contributed by atoms with Crippen LogP contribution >= 0.6 is 30.4 Å². The standard InChI is InChI=1S/C10H12ClNOS2/c1-2-3-7-13-8-5-4-6-9-10(8)12-14-15(9)11/h4-6H,2-3,7H2,1H3. The minimum Gasteiger partial charge on any atom is -0.491 e. The molecule has 1 aliphatic rings. The van der Waals surface area contributed by atoms with Gasteiger partial charge in [0.05, 0.1) is 22.1 Å². The van der Waals surface area contributed by atoms with Crippen LogP contribution in [0.15, 0.2) is 22.6 Å². The van der Waals surface area contributed by atoms with Crippen LogP contribution in [0.25, 0.3) is 0 Å². The molecule has 1 aromatic rings. The lowest BCUT2D eigenvalue weighted by molar-refractivity contribution is 0.306. The molecule has 5 heteroatoms. The Hall–Kier alpha value is -0.190. The van der Waals surface area contributed by atoms with Crippen LogP contribution in [0.4, 0.5) is 0 Å². The van der Waals surface area contributed by atoms with Crippen LogP contribution in [0.5, 0.6) is 5.75 Å². The number of hydrogen-bond acceptors (Lipinski definition) is 3. The van der Waals surface area contributed by atoms with E-state index in [-0.39, 0.29) is 8.73 Å². The smallest absolute Gasteiger partial charge is 0.146 e. The molecule has 1 heterocycles. The van der Waals surface area contributed by atoms with Crippen LogP contribution in [0.3, 0.4) is 0 Å². The van der Waals surface area contributed by atoms with Gasteiger partial charge in [0.15, 0.2) is 0 Å². The summed E-state index contributed by atoms with van der Waals surface area (Å²) >= 11 is 0. The molecule has 0 radical (unpaired) electrons. The third-order valence-corrected chi connectivity index (χ3v) is 5.31. The first kappa shape index (κ1) is 11.3. The van der Waals surface area contributed by atoms with E-state index in [0.29, 0.717) is 0 Å². The molecule has 1 aromatic carbocycles. The molecule has 0 fully saturated rings. The molecular weight excluding hydrogens is 250 g/mol. The average Bonchev–Trinajstić information content (AvgIpc) is 2.62. The van der Waals surface area contributed by atoms with Crippen LogP contribution in [0.2, 0.25) is 0 Å². The molecule has 0 aromatic heterocycles. The highest BCUT2D eigenvalue weighted by atomic mass is 35.7. The first-order chi connectivity index (χ1) is 7.33. The number of halogens is 1. The van der Waals surface area contributed by atoms with Crippen molar-refractivity contribution in [2.45, 2.75) is 19.8 Å². The van der Waals surface area contributed by atoms with Gasteiger partial charge in [-0.15, -0.1) is 0 Å². The van der Waals surface area contributed by atoms with E-state index in [4.69, 9.17) is 15.4 Å². The highest BCUT2D eigenvalue weighted by Gasteiger charge is 2.08. The molecule has 2 nitrogen and oxygen atoms in total. The van der Waals surface area contributed by atoms with Crippen LogP contribution in [0, 0.1) is 4.51 Å². The first-order valence-electron chi connectivity index (χ1n) is 4.88. The molecule has 15 heavy (non-hydrogen) atoms. The maximum absolute atomic E-state index is 6.12. The van der Waals surface area contributed by atoms with Crippen molar-refractivity contribution in [3.63, 3.8) is 0 Å². The van der Waals surface area contributed by atoms with Crippen LogP contribution in [0.1, 0.15) is 19.8 Å². The van der Waals surface area contributed by atoms with Crippen molar-refractivity contribution in [3.8, 4) is 5.75 Å². The van der Waals surface area contributed by atoms with Crippen molar-refractivity contribution >= 4 is 30.4 Å². The highest BCUT2D eigenvalue weighted by molar-refractivity contribution is 8.89. The van der Waals surface area contributed by atoms with Crippen molar-refractivity contribution < 1.29 is 4.74 Å². The lowest BCUT2D eigenvalue weighted by Crippen LogP contribution is -2.08. The fourth-order valence-electron chi connectivity index (χ4n) is 1.27. The quantitative estimate of drug-likeness (QED) is 0.356. The van der Waals surface area contributed by atoms with Gasteiger partial charge in [0.25, 0.3) is 0 Å². The minimum absolute atomic E-state index is 0.323. The zero-order chi connectivity index (χ0) is 10.7. The van der Waals surface area contributed by atoms with Crippen molar-refractivity contribution in [1.29, 1.82) is 0 Å². The molecule has 0 N–H and O–H groups in total. The topological polar surface area (TPSA) is 21.6 Å². The van der Waals surface area contributed by atoms with Gasteiger partial charge in [-0.05, 0) is 38.0 Å². The number of unbranched alkanes of at least 4 members (excludes halogenated alkanes) is 1. The predicted molar refractivity (Wildman–Crippen MR) is 67.9 cm³/mol. The van der Waals surface area contributed by atoms with E-state index in [1.165, 1.54) is 11.0 Å². The Labute approximate surface area is 99.7 Å². The molecule has 82 valence electrons. The second-order valence-electron chi connectivity index (χ2n) is 3.19. The van der Waals surface area contributed by atoms with Gasteiger partial charge in [-0.2, -0.15) is 4.40 Å². The monoisotopic (exact) mass is 261 g/mol. The number of hydrogen-bond donors (Lipinski definition) is 0. The second kappa shape index (κ2) is 5.23. The Kier molecular flexibility index (Phi) is 3.94. The maximum Gasteiger partial charge on any atom is 0.146 e. The molecule has 1 aliphatic heterocycles. The van der Waals surface area contributed by atoms with E-state index >= 15 is 0 Å². The van der Waals surface area contributed by atoms with Gasteiger partial charge in [0.1, 0.15) is 11.1 Å². The van der Waals surface area contributed by atoms with Crippen LogP contribution in [-0.4, -0.2) is 6.61 Å². The lowest BCUT2D eigenvalue weighted by Gasteiger charge is -2.03. The summed E-state index contributed by atoms with van der Waals surface area (Å²) < 4.78 is 11.1. The lowest BCUT2D eigenvalue weighted by atomic mass is 10.3. The Bertz CT molecular complexity index is 475. The van der Waals surface area contributed by atoms with Gasteiger partial charge >= 0.3 is 0 Å². The van der Waals surface area contributed by atoms with Gasteiger partial charge in [-0.25, -0.2) is 0 Å². The van der Waals surface area contributed by atoms with Gasteiger partial charge < -0.3 is 4.74 Å². The summed E-state index contributed by atoms with van der Waals surface area (Å²) in [6.45, 7) is 2.90. The predicted octanol–water partition coefficient (Wildman–Crippen LogP) is 3.74. The van der Waals surface area contributed by atoms with Gasteiger partial charge in [-0.3, -0.25) is 0 Å². The van der Waals surface area contributed by atoms with Gasteiger partial charge in [-0.1, -0.05) is 19.4 Å². The summed E-state index contributed by atoms with van der Waals surface area (Å²) in [5.74, 6) is 0.865. The third kappa shape index (κ3) is 2.49. The van der Waals surface area contributed by atoms with Crippen molar-refractivity contribution in [2.24, 2.45) is 4.40 Å². The number of nitrogens with zero attached hydrogens (tertiary/aromatic N) is 1. The molecule has 0 bridgehead atoms. The highest BCUT2D eigenvalue weighted by Crippen LogP contribution is 2.41. The maximum atomic E-state index is 6.12. The molecule has 0 saturated carbocycles. The van der Waals surface area contributed by atoms with Crippen molar-refractivity contribution in [2.75, 3.05) is 6.61 Å². The molecule has 2 rings (SSSR count). The van der Waals surface area contributed by atoms with E-state index in [1.54, 1.807) is 0 Å². The molecular formula is C10H12ClNOS2. The van der Waals surface area contributed by atoms with Gasteiger partial charge in [0, 0.05) is 0 Å². The van der Waals surface area contributed by atoms with Crippen molar-refractivity contribution in [3.05, 3.63) is 28.1 Å². The van der Waals surface area contributed by atoms with Crippen LogP contribution < -0.4 is 10.1 Å². The number of fused-ring (bicyclic) bond motifs is 1. The SMILES string of the molecule is CCCCOc1cccc2c1=NSS=2Cl. The third-order valence-electron chi connectivity index (χ3n) is 2.08. The summed E-state index contributed by atoms with van der Waals surface area (Å²) in [7, 11) is 7.21. The summed E-state index contributed by atoms with van der Waals surface area (Å²) in [5, 5.41) is 0.928. The van der Waals surface area contributed by atoms with Gasteiger partial charge in [0.2, 0.25) is 0 Å². The summed E-state index contributed by atoms with van der Waals surface area (Å²) in [5.41, 5.74) is 0. The molecule has 0 saturated heterocycles. The zero-order valence-electron chi connectivity index (χ0n) is 8.40. The second-order valence-corrected chi connectivity index (χ2v) is 7.33. The molecule has 1 atom stereocenters. The Morgan fingerprint density at radius 1 is 1.53 bits per heavy atom. The van der Waals surface area contributed by atoms with Crippen LogP contribution in [-0.2, 0) is 0 Å². The van der Waals surface area contributed by atoms with E-state index in [1.807, 2.05) is 18.2 Å². The van der Waals surface area contributed by atoms with E-state index < -0.39 is 0 Å². The summed E-state index contributed by atoms with van der Waals surface area (Å²) in [4.78, 5) is 0. The summed E-state index contributed by atoms with van der Waals surface area (Å²) in [6, 6.07) is 5.95. The molecule has 0 amide bonds. The largest absolute Gasteiger partial charge is 0.491 e. The first-order valence-corrected chi connectivity index (χ1v) is 8.22. The van der Waals surface area contributed by atoms with Crippen molar-refractivity contribution in [1.82, 2.24) is 0 Å². The summed E-state index contributed by atoms with van der Waals surface area (Å²) in [6.07, 6.45) is 2.21. The number of ether oxygens (including phenoxy) is 1.